The Kier molecular flexibility index (Phi) is 10.3. The molecule has 4 aliphatic rings. The van der Waals surface area contributed by atoms with Gasteiger partial charge in [0.1, 0.15) is 11.9 Å². The molecule has 3 fully saturated rings. The van der Waals surface area contributed by atoms with E-state index in [-0.39, 0.29) is 35.5 Å². The third-order valence-electron chi connectivity index (χ3n) is 10.3. The Hall–Kier alpha value is -3.76. The fraction of sp³-hybridized carbons (Fsp3) is 0.528. The molecule has 4 aliphatic heterocycles. The van der Waals surface area contributed by atoms with Gasteiger partial charge in [0, 0.05) is 64.9 Å². The summed E-state index contributed by atoms with van der Waals surface area (Å²) in [6, 6.07) is 15.9. The van der Waals surface area contributed by atoms with Gasteiger partial charge in [-0.2, -0.15) is 0 Å². The topological polar surface area (TPSA) is 94.2 Å². The first-order valence-corrected chi connectivity index (χ1v) is 16.8. The number of halogens is 1. The van der Waals surface area contributed by atoms with Gasteiger partial charge in [0.05, 0.1) is 17.6 Å². The maximum Gasteiger partial charge on any atom is 0.243 e. The summed E-state index contributed by atoms with van der Waals surface area (Å²) < 4.78 is 19.9. The van der Waals surface area contributed by atoms with Crippen LogP contribution >= 0.6 is 0 Å². The molecular formula is C36H46FN5O4. The summed E-state index contributed by atoms with van der Waals surface area (Å²) >= 11 is 0. The number of nitrogens with one attached hydrogen (secondary N) is 2. The van der Waals surface area contributed by atoms with Crippen molar-refractivity contribution in [2.75, 3.05) is 63.9 Å². The van der Waals surface area contributed by atoms with E-state index < -0.39 is 11.5 Å². The zero-order valence-corrected chi connectivity index (χ0v) is 26.5. The predicted octanol–water partition coefficient (Wildman–Crippen LogP) is 3.16. The minimum Gasteiger partial charge on any atom is -0.381 e. The molecule has 0 aliphatic carbocycles. The van der Waals surface area contributed by atoms with E-state index >= 15 is 0 Å². The van der Waals surface area contributed by atoms with Crippen molar-refractivity contribution in [3.8, 4) is 0 Å². The fourth-order valence-corrected chi connectivity index (χ4v) is 7.40. The standard InChI is InChI=1S/C36H46FN5O4/c37-29-11-4-5-12-32(29)41-18-20-42(21-19-41)33(43)26-40-17-13-30-28(25-40)10-6-7-14-36(15-22-46-23-16-36)35(45)39-31(34(44)38-30)24-27-8-2-1-3-9-27/h1-9,11-12,28,30-31H,10,13-26H2,(H,38,44)(H,39,45)/b7-6+/t28-,30+,31-/m1/s1. The monoisotopic (exact) mass is 631 g/mol. The first-order chi connectivity index (χ1) is 22.4. The molecule has 246 valence electrons. The van der Waals surface area contributed by atoms with Crippen LogP contribution in [0.25, 0.3) is 0 Å². The lowest BCUT2D eigenvalue weighted by molar-refractivity contribution is -0.140. The van der Waals surface area contributed by atoms with Crippen molar-refractivity contribution in [1.29, 1.82) is 0 Å². The van der Waals surface area contributed by atoms with Gasteiger partial charge in [-0.25, -0.2) is 4.39 Å². The van der Waals surface area contributed by atoms with Gasteiger partial charge in [-0.3, -0.25) is 19.3 Å². The van der Waals surface area contributed by atoms with Gasteiger partial charge in [-0.1, -0.05) is 54.6 Å². The van der Waals surface area contributed by atoms with Crippen LogP contribution in [0.1, 0.15) is 37.7 Å². The Morgan fingerprint density at radius 1 is 0.913 bits per heavy atom. The number of piperazine rings is 1. The molecule has 10 heteroatoms. The molecule has 0 bridgehead atoms. The lowest BCUT2D eigenvalue weighted by Crippen LogP contribution is -2.59. The Morgan fingerprint density at radius 2 is 1.65 bits per heavy atom. The number of hydrogen-bond acceptors (Lipinski definition) is 6. The number of allylic oxidation sites excluding steroid dienone is 2. The van der Waals surface area contributed by atoms with E-state index in [0.29, 0.717) is 90.4 Å². The molecule has 0 aromatic heterocycles. The molecule has 0 saturated carbocycles. The highest BCUT2D eigenvalue weighted by Crippen LogP contribution is 2.36. The number of nitrogens with zero attached hydrogens (tertiary/aromatic N) is 3. The van der Waals surface area contributed by atoms with Gasteiger partial charge in [-0.05, 0) is 55.7 Å². The van der Waals surface area contributed by atoms with Crippen molar-refractivity contribution < 1.29 is 23.5 Å². The highest BCUT2D eigenvalue weighted by Gasteiger charge is 2.41. The molecule has 0 radical (unpaired) electrons. The summed E-state index contributed by atoms with van der Waals surface area (Å²) in [7, 11) is 0. The normalized spacial score (nSPS) is 26.7. The Labute approximate surface area is 271 Å². The summed E-state index contributed by atoms with van der Waals surface area (Å²) in [5.41, 5.74) is 0.988. The molecule has 4 heterocycles. The number of likely N-dealkylation sites (tertiary alicyclic amines) is 1. The van der Waals surface area contributed by atoms with E-state index in [4.69, 9.17) is 4.74 Å². The summed E-state index contributed by atoms with van der Waals surface area (Å²) in [5, 5.41) is 6.46. The molecule has 2 aromatic carbocycles. The Balaban J connectivity index is 1.11. The quantitative estimate of drug-likeness (QED) is 0.493. The number of benzene rings is 2. The second-order valence-corrected chi connectivity index (χ2v) is 13.2. The van der Waals surface area contributed by atoms with Gasteiger partial charge in [0.15, 0.2) is 0 Å². The molecular weight excluding hydrogens is 585 g/mol. The van der Waals surface area contributed by atoms with Crippen molar-refractivity contribution in [3.63, 3.8) is 0 Å². The number of carbonyl (C=O) groups is 3. The third kappa shape index (κ3) is 7.61. The number of piperidine rings is 1. The number of ether oxygens (including phenoxy) is 1. The molecule has 2 aromatic rings. The van der Waals surface area contributed by atoms with Gasteiger partial charge in [-0.15, -0.1) is 0 Å². The zero-order valence-electron chi connectivity index (χ0n) is 26.5. The molecule has 9 nitrogen and oxygen atoms in total. The molecule has 0 unspecified atom stereocenters. The highest BCUT2D eigenvalue weighted by atomic mass is 19.1. The van der Waals surface area contributed by atoms with Crippen LogP contribution < -0.4 is 15.5 Å². The minimum atomic E-state index is -0.679. The van der Waals surface area contributed by atoms with E-state index in [1.807, 2.05) is 46.2 Å². The first kappa shape index (κ1) is 32.2. The second kappa shape index (κ2) is 14.8. The van der Waals surface area contributed by atoms with Crippen LogP contribution in [0.4, 0.5) is 10.1 Å². The molecule has 6 rings (SSSR count). The molecule has 3 atom stereocenters. The lowest BCUT2D eigenvalue weighted by atomic mass is 9.75. The lowest BCUT2D eigenvalue weighted by Gasteiger charge is -2.41. The fourth-order valence-electron chi connectivity index (χ4n) is 7.40. The molecule has 1 spiro atoms. The minimum absolute atomic E-state index is 0.0561. The van der Waals surface area contributed by atoms with Crippen LogP contribution in [0.15, 0.2) is 66.7 Å². The number of fused-ring (bicyclic) bond motifs is 1. The largest absolute Gasteiger partial charge is 0.381 e. The number of amides is 3. The maximum absolute atomic E-state index is 14.3. The molecule has 46 heavy (non-hydrogen) atoms. The summed E-state index contributed by atoms with van der Waals surface area (Å²) in [6.07, 6.45) is 8.06. The molecule has 3 saturated heterocycles. The van der Waals surface area contributed by atoms with E-state index in [9.17, 15) is 18.8 Å². The van der Waals surface area contributed by atoms with Crippen molar-refractivity contribution in [1.82, 2.24) is 20.4 Å². The molecule has 3 amide bonds. The van der Waals surface area contributed by atoms with E-state index in [1.54, 1.807) is 12.1 Å². The molecule has 2 N–H and O–H groups in total. The van der Waals surface area contributed by atoms with Gasteiger partial charge >= 0.3 is 0 Å². The first-order valence-electron chi connectivity index (χ1n) is 16.8. The van der Waals surface area contributed by atoms with Gasteiger partial charge < -0.3 is 25.2 Å². The summed E-state index contributed by atoms with van der Waals surface area (Å²) in [4.78, 5) is 47.1. The number of para-hydroxylation sites is 1. The van der Waals surface area contributed by atoms with Gasteiger partial charge in [0.25, 0.3) is 0 Å². The number of anilines is 1. The van der Waals surface area contributed by atoms with Crippen LogP contribution in [0.5, 0.6) is 0 Å². The van der Waals surface area contributed by atoms with E-state index in [0.717, 1.165) is 18.4 Å². The van der Waals surface area contributed by atoms with Crippen molar-refractivity contribution >= 4 is 23.4 Å². The number of hydrogen-bond donors (Lipinski definition) is 2. The Morgan fingerprint density at radius 3 is 2.41 bits per heavy atom. The van der Waals surface area contributed by atoms with Crippen LogP contribution in [-0.4, -0.2) is 98.6 Å². The summed E-state index contributed by atoms with van der Waals surface area (Å²) in [6.45, 7) is 5.11. The summed E-state index contributed by atoms with van der Waals surface area (Å²) in [5.74, 6) is -0.239. The van der Waals surface area contributed by atoms with Gasteiger partial charge in [0.2, 0.25) is 17.7 Å². The van der Waals surface area contributed by atoms with Crippen LogP contribution in [0, 0.1) is 17.2 Å². The van der Waals surface area contributed by atoms with Crippen LogP contribution in [0.2, 0.25) is 0 Å². The van der Waals surface area contributed by atoms with Crippen LogP contribution in [0.3, 0.4) is 0 Å². The number of carbonyl (C=O) groups excluding carboxylic acids is 3. The van der Waals surface area contributed by atoms with Crippen molar-refractivity contribution in [2.45, 2.75) is 50.6 Å². The predicted molar refractivity (Wildman–Crippen MR) is 175 cm³/mol. The van der Waals surface area contributed by atoms with Crippen LogP contribution in [-0.2, 0) is 25.5 Å². The van der Waals surface area contributed by atoms with Crippen molar-refractivity contribution in [2.24, 2.45) is 11.3 Å². The average Bonchev–Trinajstić information content (AvgIpc) is 3.08. The average molecular weight is 632 g/mol. The van der Waals surface area contributed by atoms with E-state index in [2.05, 4.69) is 27.7 Å². The van der Waals surface area contributed by atoms with Crippen molar-refractivity contribution in [3.05, 3.63) is 78.1 Å². The number of rotatable bonds is 5. The Bertz CT molecular complexity index is 1390. The van der Waals surface area contributed by atoms with E-state index in [1.165, 1.54) is 6.07 Å². The smallest absolute Gasteiger partial charge is 0.243 e. The zero-order chi connectivity index (χ0) is 31.9. The third-order valence-corrected chi connectivity index (χ3v) is 10.3. The highest BCUT2D eigenvalue weighted by molar-refractivity contribution is 5.90. The second-order valence-electron chi connectivity index (χ2n) is 13.2. The SMILES string of the molecule is O=C1N[C@H]2CCN(CC(=O)N3CCN(c4ccccc4F)CC3)C[C@H]2C/C=C/CC2(CCOCC2)C(=O)N[C@@H]1Cc1ccccc1. The maximum atomic E-state index is 14.3.